The molecule has 1 aliphatic heterocycles. The van der Waals surface area contributed by atoms with Crippen LogP contribution in [0.1, 0.15) is 5.56 Å². The molecule has 0 N–H and O–H groups in total. The van der Waals surface area contributed by atoms with E-state index >= 15 is 0 Å². The van der Waals surface area contributed by atoms with Crippen LogP contribution in [-0.4, -0.2) is 11.8 Å². The molecule has 0 fully saturated rings. The highest BCUT2D eigenvalue weighted by Gasteiger charge is 2.29. The maximum Gasteiger partial charge on any atom is 0.161 e. The van der Waals surface area contributed by atoms with Crippen molar-refractivity contribution in [1.82, 2.24) is 0 Å². The van der Waals surface area contributed by atoms with Crippen LogP contribution in [0.4, 0.5) is 0 Å². The van der Waals surface area contributed by atoms with Gasteiger partial charge in [0, 0.05) is 12.6 Å². The zero-order chi connectivity index (χ0) is 9.86. The van der Waals surface area contributed by atoms with Crippen LogP contribution in [0.15, 0.2) is 52.8 Å². The zero-order valence-corrected chi connectivity index (χ0v) is 7.63. The minimum atomic E-state index is -0.763. The molecule has 1 aromatic rings. The Morgan fingerprint density at radius 1 is 1.29 bits per heavy atom. The first-order chi connectivity index (χ1) is 6.85. The van der Waals surface area contributed by atoms with Gasteiger partial charge in [-0.2, -0.15) is 10.2 Å². The summed E-state index contributed by atoms with van der Waals surface area (Å²) >= 11 is 0. The molecule has 14 heavy (non-hydrogen) atoms. The van der Waals surface area contributed by atoms with Crippen LogP contribution < -0.4 is 0 Å². The van der Waals surface area contributed by atoms with Gasteiger partial charge in [-0.3, -0.25) is 0 Å². The van der Waals surface area contributed by atoms with Crippen molar-refractivity contribution in [2.45, 2.75) is 12.0 Å². The lowest BCUT2D eigenvalue weighted by Crippen LogP contribution is -2.26. The number of azo groups is 1. The van der Waals surface area contributed by atoms with Crippen molar-refractivity contribution in [1.29, 1.82) is 0 Å². The van der Waals surface area contributed by atoms with E-state index in [1.165, 1.54) is 0 Å². The summed E-state index contributed by atoms with van der Waals surface area (Å²) in [6.07, 6.45) is 4.72. The Bertz CT molecular complexity index is 370. The topological polar surface area (TPSA) is 41.8 Å². The molecule has 0 spiro atoms. The summed E-state index contributed by atoms with van der Waals surface area (Å²) in [5.41, 5.74) is 0.326. The number of carbonyl (C=O) groups excluding carboxylic acids is 1. The zero-order valence-electron chi connectivity index (χ0n) is 7.63. The molecule has 0 radical (unpaired) electrons. The number of nitrogens with zero attached hydrogens (tertiary/aromatic N) is 2. The second-order valence-electron chi connectivity index (χ2n) is 3.30. The summed E-state index contributed by atoms with van der Waals surface area (Å²) in [4.78, 5) is 10.9. The number of aldehydes is 1. The standard InChI is InChI=1S/C11H10N2O/c14-9-11(6-7-12-13-11)8-10-4-2-1-3-5-10/h1-7,9H,8H2. The molecule has 0 aliphatic carbocycles. The van der Waals surface area contributed by atoms with Crippen LogP contribution in [0.2, 0.25) is 0 Å². The first kappa shape index (κ1) is 8.81. The third-order valence-electron chi connectivity index (χ3n) is 2.21. The quantitative estimate of drug-likeness (QED) is 0.667. The fraction of sp³-hybridized carbons (Fsp3) is 0.182. The first-order valence-corrected chi connectivity index (χ1v) is 4.45. The predicted molar refractivity (Wildman–Crippen MR) is 52.9 cm³/mol. The molecule has 0 bridgehead atoms. The van der Waals surface area contributed by atoms with Crippen LogP contribution in [0, 0.1) is 0 Å². The highest BCUT2D eigenvalue weighted by Crippen LogP contribution is 2.22. The minimum Gasteiger partial charge on any atom is -0.300 e. The molecule has 1 unspecified atom stereocenters. The Labute approximate surface area is 82.2 Å². The number of benzene rings is 1. The summed E-state index contributed by atoms with van der Waals surface area (Å²) in [6, 6.07) is 9.80. The van der Waals surface area contributed by atoms with E-state index in [-0.39, 0.29) is 0 Å². The monoisotopic (exact) mass is 186 g/mol. The smallest absolute Gasteiger partial charge is 0.161 e. The van der Waals surface area contributed by atoms with Gasteiger partial charge in [-0.15, -0.1) is 0 Å². The molecule has 1 aliphatic rings. The Morgan fingerprint density at radius 2 is 2.07 bits per heavy atom. The van der Waals surface area contributed by atoms with Gasteiger partial charge in [-0.1, -0.05) is 30.3 Å². The van der Waals surface area contributed by atoms with Gasteiger partial charge >= 0.3 is 0 Å². The third kappa shape index (κ3) is 1.62. The summed E-state index contributed by atoms with van der Waals surface area (Å²) < 4.78 is 0. The van der Waals surface area contributed by atoms with Gasteiger partial charge in [-0.25, -0.2) is 0 Å². The fourth-order valence-corrected chi connectivity index (χ4v) is 1.46. The van der Waals surface area contributed by atoms with E-state index < -0.39 is 5.54 Å². The Kier molecular flexibility index (Phi) is 2.23. The third-order valence-corrected chi connectivity index (χ3v) is 2.21. The van der Waals surface area contributed by atoms with E-state index in [1.54, 1.807) is 12.3 Å². The van der Waals surface area contributed by atoms with Gasteiger partial charge in [0.05, 0.1) is 0 Å². The number of hydrogen-bond donors (Lipinski definition) is 0. The number of carbonyl (C=O) groups is 1. The number of rotatable bonds is 3. The highest BCUT2D eigenvalue weighted by atomic mass is 16.1. The van der Waals surface area contributed by atoms with Gasteiger partial charge < -0.3 is 4.79 Å². The van der Waals surface area contributed by atoms with Crippen molar-refractivity contribution in [2.75, 3.05) is 0 Å². The molecule has 2 rings (SSSR count). The normalized spacial score (nSPS) is 24.0. The maximum atomic E-state index is 10.9. The van der Waals surface area contributed by atoms with Crippen molar-refractivity contribution in [3.05, 3.63) is 48.2 Å². The summed E-state index contributed by atoms with van der Waals surface area (Å²) in [5.74, 6) is 0. The molecule has 1 atom stereocenters. The van der Waals surface area contributed by atoms with Gasteiger partial charge in [0.2, 0.25) is 0 Å². The first-order valence-electron chi connectivity index (χ1n) is 4.45. The Morgan fingerprint density at radius 3 is 2.64 bits per heavy atom. The van der Waals surface area contributed by atoms with Gasteiger partial charge in [0.1, 0.15) is 0 Å². The molecule has 1 heterocycles. The molecular weight excluding hydrogens is 176 g/mol. The Balaban J connectivity index is 2.21. The second kappa shape index (κ2) is 3.54. The van der Waals surface area contributed by atoms with Crippen LogP contribution >= 0.6 is 0 Å². The average molecular weight is 186 g/mol. The largest absolute Gasteiger partial charge is 0.300 e. The molecular formula is C11H10N2O. The van der Waals surface area contributed by atoms with Crippen molar-refractivity contribution >= 4 is 6.29 Å². The van der Waals surface area contributed by atoms with E-state index in [9.17, 15) is 4.79 Å². The second-order valence-corrected chi connectivity index (χ2v) is 3.30. The Hall–Kier alpha value is -1.77. The van der Waals surface area contributed by atoms with E-state index in [2.05, 4.69) is 10.2 Å². The molecule has 3 heteroatoms. The number of hydrogen-bond acceptors (Lipinski definition) is 3. The minimum absolute atomic E-state index is 0.581. The SMILES string of the molecule is O=CC1(Cc2ccccc2)C=CN=N1. The predicted octanol–water partition coefficient (Wildman–Crippen LogP) is 2.15. The summed E-state index contributed by atoms with van der Waals surface area (Å²) in [5, 5.41) is 7.64. The van der Waals surface area contributed by atoms with Crippen LogP contribution in [-0.2, 0) is 11.2 Å². The fourth-order valence-electron chi connectivity index (χ4n) is 1.46. The molecule has 3 nitrogen and oxygen atoms in total. The lowest BCUT2D eigenvalue weighted by molar-refractivity contribution is -0.110. The molecule has 0 saturated carbocycles. The molecule has 0 saturated heterocycles. The summed E-state index contributed by atoms with van der Waals surface area (Å²) in [7, 11) is 0. The van der Waals surface area contributed by atoms with Crippen molar-refractivity contribution in [3.8, 4) is 0 Å². The van der Waals surface area contributed by atoms with E-state index in [1.807, 2.05) is 30.3 Å². The van der Waals surface area contributed by atoms with E-state index in [0.717, 1.165) is 11.8 Å². The molecule has 1 aromatic carbocycles. The lowest BCUT2D eigenvalue weighted by Gasteiger charge is -2.14. The van der Waals surface area contributed by atoms with Gasteiger partial charge in [0.15, 0.2) is 11.8 Å². The molecule has 0 aromatic heterocycles. The lowest BCUT2D eigenvalue weighted by atomic mass is 9.94. The van der Waals surface area contributed by atoms with Crippen molar-refractivity contribution in [3.63, 3.8) is 0 Å². The van der Waals surface area contributed by atoms with Crippen LogP contribution in [0.3, 0.4) is 0 Å². The maximum absolute atomic E-state index is 10.9. The van der Waals surface area contributed by atoms with E-state index in [0.29, 0.717) is 6.42 Å². The van der Waals surface area contributed by atoms with Crippen molar-refractivity contribution in [2.24, 2.45) is 10.2 Å². The van der Waals surface area contributed by atoms with Crippen LogP contribution in [0.5, 0.6) is 0 Å². The van der Waals surface area contributed by atoms with Gasteiger partial charge in [0.25, 0.3) is 0 Å². The highest BCUT2D eigenvalue weighted by molar-refractivity contribution is 5.69. The van der Waals surface area contributed by atoms with Crippen LogP contribution in [0.25, 0.3) is 0 Å². The van der Waals surface area contributed by atoms with Gasteiger partial charge in [-0.05, 0) is 11.6 Å². The van der Waals surface area contributed by atoms with E-state index in [4.69, 9.17) is 0 Å². The molecule has 70 valence electrons. The van der Waals surface area contributed by atoms with Crippen molar-refractivity contribution < 1.29 is 4.79 Å². The molecule has 0 amide bonds. The summed E-state index contributed by atoms with van der Waals surface area (Å²) in [6.45, 7) is 0. The average Bonchev–Trinajstić information content (AvgIpc) is 2.69.